The van der Waals surface area contributed by atoms with Gasteiger partial charge in [0.25, 0.3) is 5.69 Å². The number of carboxylic acid groups (broad SMARTS) is 1. The van der Waals surface area contributed by atoms with Crippen LogP contribution in [0.15, 0.2) is 18.2 Å². The van der Waals surface area contributed by atoms with Gasteiger partial charge in [0.15, 0.2) is 0 Å². The number of aryl methyl sites for hydroxylation is 1. The summed E-state index contributed by atoms with van der Waals surface area (Å²) in [6.07, 6.45) is 0. The molecule has 0 aliphatic heterocycles. The Morgan fingerprint density at radius 2 is 2.07 bits per heavy atom. The molecular formula is C8H8ClNO4. The van der Waals surface area contributed by atoms with Crippen molar-refractivity contribution in [2.45, 2.75) is 6.92 Å². The first-order chi connectivity index (χ1) is 6.02. The van der Waals surface area contributed by atoms with Crippen molar-refractivity contribution in [2.75, 3.05) is 0 Å². The summed E-state index contributed by atoms with van der Waals surface area (Å²) in [7, 11) is 0. The zero-order chi connectivity index (χ0) is 10.0. The first-order valence-electron chi connectivity index (χ1n) is 3.50. The Morgan fingerprint density at radius 3 is 2.50 bits per heavy atom. The molecule has 0 heterocycles. The lowest BCUT2D eigenvalue weighted by atomic mass is 10.1. The van der Waals surface area contributed by atoms with E-state index in [1.807, 2.05) is 0 Å². The van der Waals surface area contributed by atoms with E-state index < -0.39 is 10.9 Å². The average molecular weight is 218 g/mol. The molecule has 0 saturated carbocycles. The van der Waals surface area contributed by atoms with Gasteiger partial charge in [0.1, 0.15) is 5.56 Å². The van der Waals surface area contributed by atoms with Gasteiger partial charge in [-0.25, -0.2) is 4.79 Å². The Bertz CT molecular complexity index is 378. The molecule has 0 saturated heterocycles. The van der Waals surface area contributed by atoms with E-state index in [9.17, 15) is 14.9 Å². The second-order valence-corrected chi connectivity index (χ2v) is 2.58. The molecule has 6 heteroatoms. The molecule has 1 N–H and O–H groups in total. The highest BCUT2D eigenvalue weighted by Gasteiger charge is 2.18. The molecule has 0 aliphatic rings. The molecule has 0 spiro atoms. The summed E-state index contributed by atoms with van der Waals surface area (Å²) in [5.74, 6) is -1.28. The quantitative estimate of drug-likeness (QED) is 0.607. The fourth-order valence-corrected chi connectivity index (χ4v) is 0.980. The first kappa shape index (κ1) is 12.4. The SMILES string of the molecule is Cc1ccc([N+](=O)[O-])c(C(=O)O)c1.Cl. The smallest absolute Gasteiger partial charge is 0.342 e. The Hall–Kier alpha value is -1.62. The van der Waals surface area contributed by atoms with Crippen molar-refractivity contribution in [1.29, 1.82) is 0 Å². The topological polar surface area (TPSA) is 80.4 Å². The lowest BCUT2D eigenvalue weighted by Crippen LogP contribution is -2.02. The average Bonchev–Trinajstić information content (AvgIpc) is 2.03. The number of hydrogen-bond acceptors (Lipinski definition) is 3. The fourth-order valence-electron chi connectivity index (χ4n) is 0.980. The van der Waals surface area contributed by atoms with E-state index in [1.54, 1.807) is 6.92 Å². The summed E-state index contributed by atoms with van der Waals surface area (Å²) in [5.41, 5.74) is 0.0334. The van der Waals surface area contributed by atoms with Crippen molar-refractivity contribution in [3.63, 3.8) is 0 Å². The second-order valence-electron chi connectivity index (χ2n) is 2.58. The van der Waals surface area contributed by atoms with Crippen LogP contribution in [-0.4, -0.2) is 16.0 Å². The molecule has 14 heavy (non-hydrogen) atoms. The molecule has 0 radical (unpaired) electrons. The summed E-state index contributed by atoms with van der Waals surface area (Å²) in [5, 5.41) is 19.0. The molecule has 76 valence electrons. The molecule has 0 unspecified atom stereocenters. The van der Waals surface area contributed by atoms with Crippen LogP contribution >= 0.6 is 12.4 Å². The zero-order valence-corrected chi connectivity index (χ0v) is 8.08. The molecule has 1 aromatic carbocycles. The molecule has 0 aromatic heterocycles. The summed E-state index contributed by atoms with van der Waals surface area (Å²) < 4.78 is 0. The van der Waals surface area contributed by atoms with Gasteiger partial charge in [0, 0.05) is 6.07 Å². The molecule has 0 atom stereocenters. The number of nitro benzene ring substituents is 1. The van der Waals surface area contributed by atoms with Crippen LogP contribution in [0.3, 0.4) is 0 Å². The maximum Gasteiger partial charge on any atom is 0.342 e. The normalized spacial score (nSPS) is 8.93. The van der Waals surface area contributed by atoms with E-state index in [4.69, 9.17) is 5.11 Å². The Morgan fingerprint density at radius 1 is 1.50 bits per heavy atom. The molecule has 1 aromatic rings. The lowest BCUT2D eigenvalue weighted by molar-refractivity contribution is -0.385. The molecule has 1 rings (SSSR count). The molecular weight excluding hydrogens is 210 g/mol. The van der Waals surface area contributed by atoms with Gasteiger partial charge in [0.05, 0.1) is 4.92 Å². The van der Waals surface area contributed by atoms with Crippen LogP contribution in [0, 0.1) is 17.0 Å². The predicted octanol–water partition coefficient (Wildman–Crippen LogP) is 2.02. The van der Waals surface area contributed by atoms with Crippen LogP contribution in [0.1, 0.15) is 15.9 Å². The summed E-state index contributed by atoms with van der Waals surface area (Å²) in [4.78, 5) is 20.2. The molecule has 0 aliphatic carbocycles. The van der Waals surface area contributed by atoms with Crippen molar-refractivity contribution in [1.82, 2.24) is 0 Å². The minimum atomic E-state index is -1.28. The van der Waals surface area contributed by atoms with Crippen molar-refractivity contribution >= 4 is 24.1 Å². The highest BCUT2D eigenvalue weighted by molar-refractivity contribution is 5.92. The highest BCUT2D eigenvalue weighted by atomic mass is 35.5. The van der Waals surface area contributed by atoms with E-state index in [0.29, 0.717) is 5.56 Å². The number of carbonyl (C=O) groups is 1. The van der Waals surface area contributed by atoms with Crippen LogP contribution in [0.25, 0.3) is 0 Å². The van der Waals surface area contributed by atoms with Gasteiger partial charge < -0.3 is 5.11 Å². The number of nitro groups is 1. The van der Waals surface area contributed by atoms with Gasteiger partial charge in [-0.05, 0) is 18.6 Å². The third-order valence-corrected chi connectivity index (χ3v) is 1.58. The van der Waals surface area contributed by atoms with Crippen molar-refractivity contribution in [3.8, 4) is 0 Å². The van der Waals surface area contributed by atoms with Crippen molar-refractivity contribution in [3.05, 3.63) is 39.4 Å². The molecule has 0 bridgehead atoms. The molecule has 0 fully saturated rings. The number of hydrogen-bond donors (Lipinski definition) is 1. The maximum absolute atomic E-state index is 10.6. The van der Waals surface area contributed by atoms with Crippen LogP contribution in [0.5, 0.6) is 0 Å². The van der Waals surface area contributed by atoms with Gasteiger partial charge >= 0.3 is 5.97 Å². The second kappa shape index (κ2) is 4.57. The van der Waals surface area contributed by atoms with Crippen LogP contribution in [-0.2, 0) is 0 Å². The zero-order valence-electron chi connectivity index (χ0n) is 7.26. The summed E-state index contributed by atoms with van der Waals surface area (Å²) in [6.45, 7) is 1.68. The maximum atomic E-state index is 10.6. The standard InChI is InChI=1S/C8H7NO4.ClH/c1-5-2-3-7(9(12)13)6(4-5)8(10)11;/h2-4H,1H3,(H,10,11);1H. The van der Waals surface area contributed by atoms with Gasteiger partial charge in [-0.15, -0.1) is 12.4 Å². The molecule has 5 nitrogen and oxygen atoms in total. The molecule has 0 amide bonds. The minimum absolute atomic E-state index is 0. The minimum Gasteiger partial charge on any atom is -0.477 e. The van der Waals surface area contributed by atoms with Gasteiger partial charge in [-0.1, -0.05) is 6.07 Å². The third-order valence-electron chi connectivity index (χ3n) is 1.58. The third kappa shape index (κ3) is 2.43. The Balaban J connectivity index is 0.00000169. The fraction of sp³-hybridized carbons (Fsp3) is 0.125. The van der Waals surface area contributed by atoms with Gasteiger partial charge in [-0.3, -0.25) is 10.1 Å². The monoisotopic (exact) mass is 217 g/mol. The number of benzene rings is 1. The van der Waals surface area contributed by atoms with Crippen molar-refractivity contribution in [2.24, 2.45) is 0 Å². The number of halogens is 1. The summed E-state index contributed by atoms with van der Waals surface area (Å²) >= 11 is 0. The number of carboxylic acids is 1. The first-order valence-corrected chi connectivity index (χ1v) is 3.50. The van der Waals surface area contributed by atoms with Crippen LogP contribution < -0.4 is 0 Å². The number of aromatic carboxylic acids is 1. The highest BCUT2D eigenvalue weighted by Crippen LogP contribution is 2.19. The van der Waals surface area contributed by atoms with E-state index >= 15 is 0 Å². The lowest BCUT2D eigenvalue weighted by Gasteiger charge is -1.98. The van der Waals surface area contributed by atoms with E-state index in [0.717, 1.165) is 0 Å². The van der Waals surface area contributed by atoms with E-state index in [-0.39, 0.29) is 23.7 Å². The van der Waals surface area contributed by atoms with Gasteiger partial charge in [0.2, 0.25) is 0 Å². The van der Waals surface area contributed by atoms with Crippen LogP contribution in [0.4, 0.5) is 5.69 Å². The van der Waals surface area contributed by atoms with Crippen molar-refractivity contribution < 1.29 is 14.8 Å². The number of nitrogens with zero attached hydrogens (tertiary/aromatic N) is 1. The summed E-state index contributed by atoms with van der Waals surface area (Å²) in [6, 6.07) is 3.98. The Labute approximate surface area is 85.9 Å². The largest absolute Gasteiger partial charge is 0.477 e. The van der Waals surface area contributed by atoms with Crippen LogP contribution in [0.2, 0.25) is 0 Å². The number of rotatable bonds is 2. The van der Waals surface area contributed by atoms with E-state index in [2.05, 4.69) is 0 Å². The van der Waals surface area contributed by atoms with E-state index in [1.165, 1.54) is 18.2 Å². The Kier molecular flexibility index (Phi) is 4.04. The van der Waals surface area contributed by atoms with Gasteiger partial charge in [-0.2, -0.15) is 0 Å². The predicted molar refractivity (Wildman–Crippen MR) is 52.0 cm³/mol.